The molecule has 0 amide bonds. The highest BCUT2D eigenvalue weighted by atomic mass is 15.7. The van der Waals surface area contributed by atoms with Crippen molar-refractivity contribution in [3.63, 3.8) is 0 Å². The molecule has 0 fully saturated rings. The van der Waals surface area contributed by atoms with E-state index in [0.717, 1.165) is 6.54 Å². The molecule has 0 radical (unpaired) electrons. The van der Waals surface area contributed by atoms with Crippen molar-refractivity contribution in [1.29, 1.82) is 0 Å². The lowest BCUT2D eigenvalue weighted by Gasteiger charge is -2.10. The van der Waals surface area contributed by atoms with E-state index >= 15 is 0 Å². The maximum Gasteiger partial charge on any atom is 0.0453 e. The normalized spacial score (nSPS) is 15.8. The molecule has 0 saturated carbocycles. The third kappa shape index (κ3) is 3.68. The van der Waals surface area contributed by atoms with Crippen LogP contribution in [-0.4, -0.2) is 11.6 Å². The summed E-state index contributed by atoms with van der Waals surface area (Å²) >= 11 is 0. The van der Waals surface area contributed by atoms with Gasteiger partial charge in [0.2, 0.25) is 0 Å². The van der Waals surface area contributed by atoms with E-state index in [0.29, 0.717) is 0 Å². The number of hydrazine groups is 2. The molecule has 0 bridgehead atoms. The standard InChI is InChI=1S/C10H21N3/c1-3-5-6-7-8-10-9-13(4-2)12-11-10/h9,11-12H,3-8H2,1-2H3. The van der Waals surface area contributed by atoms with Crippen LogP contribution in [-0.2, 0) is 0 Å². The summed E-state index contributed by atoms with van der Waals surface area (Å²) in [7, 11) is 0. The maximum atomic E-state index is 3.17. The Labute approximate surface area is 81.1 Å². The molecular formula is C10H21N3. The van der Waals surface area contributed by atoms with Crippen LogP contribution in [0.3, 0.4) is 0 Å². The lowest BCUT2D eigenvalue weighted by molar-refractivity contribution is 0.284. The largest absolute Gasteiger partial charge is 0.306 e. The van der Waals surface area contributed by atoms with Gasteiger partial charge in [-0.3, -0.25) is 5.01 Å². The molecule has 0 aromatic carbocycles. The van der Waals surface area contributed by atoms with E-state index < -0.39 is 0 Å². The molecule has 3 heteroatoms. The Morgan fingerprint density at radius 3 is 2.69 bits per heavy atom. The summed E-state index contributed by atoms with van der Waals surface area (Å²) < 4.78 is 0. The van der Waals surface area contributed by atoms with Gasteiger partial charge in [-0.2, -0.15) is 0 Å². The molecule has 0 atom stereocenters. The Balaban J connectivity index is 2.08. The van der Waals surface area contributed by atoms with Crippen molar-refractivity contribution in [3.05, 3.63) is 11.9 Å². The smallest absolute Gasteiger partial charge is 0.0453 e. The molecule has 1 rings (SSSR count). The van der Waals surface area contributed by atoms with E-state index in [2.05, 4.69) is 36.0 Å². The minimum absolute atomic E-state index is 1.01. The second-order valence-corrected chi connectivity index (χ2v) is 3.49. The Morgan fingerprint density at radius 1 is 1.23 bits per heavy atom. The third-order valence-corrected chi connectivity index (χ3v) is 2.31. The fraction of sp³-hybridized carbons (Fsp3) is 0.800. The first-order chi connectivity index (χ1) is 6.36. The highest BCUT2D eigenvalue weighted by Gasteiger charge is 2.07. The second kappa shape index (κ2) is 5.86. The van der Waals surface area contributed by atoms with Crippen LogP contribution in [0.4, 0.5) is 0 Å². The average Bonchev–Trinajstić information content (AvgIpc) is 2.60. The number of nitrogens with zero attached hydrogens (tertiary/aromatic N) is 1. The minimum atomic E-state index is 1.01. The van der Waals surface area contributed by atoms with Gasteiger partial charge < -0.3 is 5.43 Å². The highest BCUT2D eigenvalue weighted by molar-refractivity contribution is 5.01. The summed E-state index contributed by atoms with van der Waals surface area (Å²) in [6.45, 7) is 5.38. The van der Waals surface area contributed by atoms with Gasteiger partial charge in [0, 0.05) is 18.4 Å². The average molecular weight is 183 g/mol. The van der Waals surface area contributed by atoms with Crippen molar-refractivity contribution < 1.29 is 0 Å². The third-order valence-electron chi connectivity index (χ3n) is 2.31. The predicted octanol–water partition coefficient (Wildman–Crippen LogP) is 2.14. The molecule has 0 unspecified atom stereocenters. The Hall–Kier alpha value is -0.700. The molecule has 0 saturated heterocycles. The van der Waals surface area contributed by atoms with Crippen molar-refractivity contribution in [3.8, 4) is 0 Å². The van der Waals surface area contributed by atoms with Crippen LogP contribution in [0.25, 0.3) is 0 Å². The number of allylic oxidation sites excluding steroid dienone is 1. The lowest BCUT2D eigenvalue weighted by atomic mass is 10.1. The van der Waals surface area contributed by atoms with Gasteiger partial charge in [0.05, 0.1) is 0 Å². The first-order valence-corrected chi connectivity index (χ1v) is 5.35. The molecule has 13 heavy (non-hydrogen) atoms. The van der Waals surface area contributed by atoms with Crippen molar-refractivity contribution >= 4 is 0 Å². The van der Waals surface area contributed by atoms with E-state index in [1.807, 2.05) is 0 Å². The van der Waals surface area contributed by atoms with Gasteiger partial charge >= 0.3 is 0 Å². The fourth-order valence-corrected chi connectivity index (χ4v) is 1.44. The van der Waals surface area contributed by atoms with E-state index in [1.54, 1.807) is 0 Å². The van der Waals surface area contributed by atoms with Crippen LogP contribution in [0.5, 0.6) is 0 Å². The summed E-state index contributed by atoms with van der Waals surface area (Å²) in [5.41, 5.74) is 7.58. The molecule has 76 valence electrons. The second-order valence-electron chi connectivity index (χ2n) is 3.49. The van der Waals surface area contributed by atoms with Crippen molar-refractivity contribution in [1.82, 2.24) is 16.0 Å². The SMILES string of the molecule is CCCCCCC1=CN(CC)NN1. The quantitative estimate of drug-likeness (QED) is 0.618. The summed E-state index contributed by atoms with van der Waals surface area (Å²) in [6.07, 6.45) is 8.65. The summed E-state index contributed by atoms with van der Waals surface area (Å²) in [5, 5.41) is 2.06. The van der Waals surface area contributed by atoms with Gasteiger partial charge in [-0.25, -0.2) is 0 Å². The Kier molecular flexibility index (Phi) is 4.68. The Morgan fingerprint density at radius 2 is 2.08 bits per heavy atom. The predicted molar refractivity (Wildman–Crippen MR) is 55.5 cm³/mol. The monoisotopic (exact) mass is 183 g/mol. The number of hydrogen-bond donors (Lipinski definition) is 2. The van der Waals surface area contributed by atoms with Crippen LogP contribution in [0.1, 0.15) is 46.0 Å². The molecule has 0 aromatic heterocycles. The van der Waals surface area contributed by atoms with Crippen LogP contribution < -0.4 is 11.0 Å². The number of rotatable bonds is 6. The van der Waals surface area contributed by atoms with Gasteiger partial charge in [0.1, 0.15) is 0 Å². The summed E-state index contributed by atoms with van der Waals surface area (Å²) in [5.74, 6) is 0. The van der Waals surface area contributed by atoms with Gasteiger partial charge in [-0.15, -0.1) is 5.53 Å². The van der Waals surface area contributed by atoms with E-state index in [1.165, 1.54) is 37.8 Å². The van der Waals surface area contributed by atoms with Crippen LogP contribution in [0.2, 0.25) is 0 Å². The number of nitrogens with one attached hydrogen (secondary N) is 2. The first-order valence-electron chi connectivity index (χ1n) is 5.35. The molecule has 1 aliphatic heterocycles. The van der Waals surface area contributed by atoms with Crippen LogP contribution in [0.15, 0.2) is 11.9 Å². The van der Waals surface area contributed by atoms with E-state index in [-0.39, 0.29) is 0 Å². The van der Waals surface area contributed by atoms with Gasteiger partial charge in [0.25, 0.3) is 0 Å². The molecule has 1 aliphatic rings. The van der Waals surface area contributed by atoms with E-state index in [9.17, 15) is 0 Å². The number of unbranched alkanes of at least 4 members (excludes halogenated alkanes) is 3. The highest BCUT2D eigenvalue weighted by Crippen LogP contribution is 2.10. The molecule has 3 nitrogen and oxygen atoms in total. The van der Waals surface area contributed by atoms with Crippen molar-refractivity contribution in [2.45, 2.75) is 46.0 Å². The lowest BCUT2D eigenvalue weighted by Crippen LogP contribution is -2.36. The fourth-order valence-electron chi connectivity index (χ4n) is 1.44. The zero-order valence-electron chi connectivity index (χ0n) is 8.77. The summed E-state index contributed by atoms with van der Waals surface area (Å²) in [4.78, 5) is 0. The zero-order chi connectivity index (χ0) is 9.52. The van der Waals surface area contributed by atoms with Crippen LogP contribution >= 0.6 is 0 Å². The molecular weight excluding hydrogens is 162 g/mol. The topological polar surface area (TPSA) is 27.3 Å². The van der Waals surface area contributed by atoms with Crippen molar-refractivity contribution in [2.75, 3.05) is 6.54 Å². The summed E-state index contributed by atoms with van der Waals surface area (Å²) in [6, 6.07) is 0. The van der Waals surface area contributed by atoms with Crippen molar-refractivity contribution in [2.24, 2.45) is 0 Å². The molecule has 0 spiro atoms. The zero-order valence-corrected chi connectivity index (χ0v) is 8.77. The van der Waals surface area contributed by atoms with Gasteiger partial charge in [-0.1, -0.05) is 26.2 Å². The minimum Gasteiger partial charge on any atom is -0.306 e. The maximum absolute atomic E-state index is 3.17. The van der Waals surface area contributed by atoms with Crippen LogP contribution in [0, 0.1) is 0 Å². The number of hydrogen-bond acceptors (Lipinski definition) is 3. The molecule has 0 aliphatic carbocycles. The molecule has 0 aromatic rings. The Bertz CT molecular complexity index is 166. The van der Waals surface area contributed by atoms with Gasteiger partial charge in [0.15, 0.2) is 0 Å². The molecule has 1 heterocycles. The van der Waals surface area contributed by atoms with Gasteiger partial charge in [-0.05, 0) is 19.8 Å². The first kappa shape index (κ1) is 10.4. The molecule has 2 N–H and O–H groups in total. The van der Waals surface area contributed by atoms with E-state index in [4.69, 9.17) is 0 Å².